The van der Waals surface area contributed by atoms with Gasteiger partial charge in [-0.15, -0.1) is 0 Å². The van der Waals surface area contributed by atoms with Crippen LogP contribution in [0.3, 0.4) is 0 Å². The van der Waals surface area contributed by atoms with Crippen molar-refractivity contribution in [2.75, 3.05) is 44.0 Å². The lowest BCUT2D eigenvalue weighted by Crippen LogP contribution is -2.60. The van der Waals surface area contributed by atoms with Crippen LogP contribution in [-0.2, 0) is 4.74 Å². The van der Waals surface area contributed by atoms with E-state index in [0.29, 0.717) is 66.4 Å². The Morgan fingerprint density at radius 2 is 2.10 bits per heavy atom. The molecule has 2 saturated heterocycles. The smallest absolute Gasteiger partial charge is 0.407 e. The van der Waals surface area contributed by atoms with Gasteiger partial charge in [0, 0.05) is 35.9 Å². The summed E-state index contributed by atoms with van der Waals surface area (Å²) in [5.41, 5.74) is 11.3. The highest BCUT2D eigenvalue weighted by atomic mass is 79.9. The Bertz CT molecular complexity index is 1610. The number of amides is 1. The van der Waals surface area contributed by atoms with E-state index in [1.807, 2.05) is 25.1 Å². The number of imidazole rings is 1. The maximum Gasteiger partial charge on any atom is 0.407 e. The number of aromatic nitrogens is 3. The third kappa shape index (κ3) is 4.60. The molecule has 2 aliphatic heterocycles. The molecule has 208 valence electrons. The lowest BCUT2D eigenvalue weighted by molar-refractivity contribution is -0.0659. The second-order valence-corrected chi connectivity index (χ2v) is 11.0. The molecule has 2 aromatic heterocycles. The van der Waals surface area contributed by atoms with Crippen LogP contribution in [-0.4, -0.2) is 76.5 Å². The molecule has 4 N–H and O–H groups in total. The van der Waals surface area contributed by atoms with Crippen LogP contribution in [0.4, 0.5) is 20.7 Å². The number of carboxylic acid groups (broad SMARTS) is 1. The van der Waals surface area contributed by atoms with Crippen LogP contribution < -0.4 is 15.4 Å². The average Bonchev–Trinajstić information content (AvgIpc) is 3.34. The van der Waals surface area contributed by atoms with Crippen LogP contribution in [0.2, 0.25) is 0 Å². The number of nitrogens with one attached hydrogen (secondary N) is 1. The van der Waals surface area contributed by atoms with E-state index in [1.54, 1.807) is 13.3 Å². The standard InChI is InChI=1S/C28H28BrFN6O4/c1-14-7-15(9-17(30)8-14)18-12-32-26(31)23(27-33-19-10-16(29)11-21(39-2)24(19)34-27)25(18)35-4-3-20-22(13-35)40-6-5-36(20)28(37)38/h7-12,20,22H,3-6,13H2,1-2H3,(H2,31,32)(H,33,34)(H,37,38)/t20-,22-/m0/s1. The van der Waals surface area contributed by atoms with Gasteiger partial charge >= 0.3 is 6.09 Å². The van der Waals surface area contributed by atoms with E-state index in [4.69, 9.17) is 20.2 Å². The minimum absolute atomic E-state index is 0.252. The summed E-state index contributed by atoms with van der Waals surface area (Å²) in [6.07, 6.45) is 0.925. The first kappa shape index (κ1) is 26.3. The number of H-pyrrole nitrogens is 1. The Labute approximate surface area is 238 Å². The van der Waals surface area contributed by atoms with Gasteiger partial charge in [0.15, 0.2) is 0 Å². The van der Waals surface area contributed by atoms with Gasteiger partial charge in [-0.1, -0.05) is 22.0 Å². The molecule has 0 saturated carbocycles. The number of hydrogen-bond acceptors (Lipinski definition) is 7. The van der Waals surface area contributed by atoms with E-state index in [9.17, 15) is 14.3 Å². The minimum atomic E-state index is -0.945. The van der Waals surface area contributed by atoms with Crippen LogP contribution in [0.25, 0.3) is 33.5 Å². The number of piperidine rings is 1. The summed E-state index contributed by atoms with van der Waals surface area (Å²) in [5, 5.41) is 9.74. The third-order valence-corrected chi connectivity index (χ3v) is 8.02. The maximum absolute atomic E-state index is 14.6. The molecule has 0 aliphatic carbocycles. The molecular formula is C28H28BrFN6O4. The van der Waals surface area contributed by atoms with Crippen molar-refractivity contribution in [2.24, 2.45) is 0 Å². The second kappa shape index (κ2) is 10.3. The topological polar surface area (TPSA) is 130 Å². The van der Waals surface area contributed by atoms with E-state index in [1.165, 1.54) is 17.0 Å². The molecular weight excluding hydrogens is 583 g/mol. The molecule has 2 aromatic carbocycles. The van der Waals surface area contributed by atoms with Gasteiger partial charge in [0.05, 0.1) is 42.6 Å². The largest absolute Gasteiger partial charge is 0.494 e. The van der Waals surface area contributed by atoms with Gasteiger partial charge in [0.1, 0.15) is 28.7 Å². The number of nitrogens with zero attached hydrogens (tertiary/aromatic N) is 4. The average molecular weight is 611 g/mol. The normalized spacial score (nSPS) is 19.1. The monoisotopic (exact) mass is 610 g/mol. The van der Waals surface area contributed by atoms with Crippen LogP contribution in [0.5, 0.6) is 5.75 Å². The number of methoxy groups -OCH3 is 1. The van der Waals surface area contributed by atoms with Crippen molar-refractivity contribution in [1.82, 2.24) is 19.9 Å². The van der Waals surface area contributed by atoms with Gasteiger partial charge < -0.3 is 35.1 Å². The fraction of sp³-hybridized carbons (Fsp3) is 0.321. The SMILES string of the molecule is COc1cc(Br)cc2[nH]c(-c3c(N)ncc(-c4cc(C)cc(F)c4)c3N3CC[C@H]4[C@H](C3)OCCN4C(=O)O)nc12. The van der Waals surface area contributed by atoms with Crippen LogP contribution >= 0.6 is 15.9 Å². The van der Waals surface area contributed by atoms with Crippen molar-refractivity contribution >= 4 is 44.6 Å². The van der Waals surface area contributed by atoms with Crippen molar-refractivity contribution < 1.29 is 23.8 Å². The minimum Gasteiger partial charge on any atom is -0.494 e. The first-order chi connectivity index (χ1) is 19.2. The number of ether oxygens (including phenoxy) is 2. The number of anilines is 2. The summed E-state index contributed by atoms with van der Waals surface area (Å²) >= 11 is 3.52. The highest BCUT2D eigenvalue weighted by Crippen LogP contribution is 2.44. The van der Waals surface area contributed by atoms with E-state index in [-0.39, 0.29) is 23.8 Å². The van der Waals surface area contributed by atoms with Crippen molar-refractivity contribution in [1.29, 1.82) is 0 Å². The molecule has 2 aliphatic rings. The number of aromatic amines is 1. The Balaban J connectivity index is 1.54. The predicted molar refractivity (Wildman–Crippen MR) is 153 cm³/mol. The number of rotatable bonds is 4. The fourth-order valence-electron chi connectivity index (χ4n) is 5.84. The van der Waals surface area contributed by atoms with Gasteiger partial charge in [-0.2, -0.15) is 0 Å². The Morgan fingerprint density at radius 3 is 2.85 bits per heavy atom. The van der Waals surface area contributed by atoms with E-state index in [0.717, 1.165) is 21.2 Å². The number of morpholine rings is 1. The Hall–Kier alpha value is -3.90. The van der Waals surface area contributed by atoms with Crippen molar-refractivity contribution in [3.8, 4) is 28.3 Å². The number of nitrogen functional groups attached to an aromatic ring is 1. The summed E-state index contributed by atoms with van der Waals surface area (Å²) in [4.78, 5) is 28.2. The van der Waals surface area contributed by atoms with Crippen molar-refractivity contribution in [3.63, 3.8) is 0 Å². The number of halogens is 2. The number of hydrogen-bond donors (Lipinski definition) is 3. The molecule has 40 heavy (non-hydrogen) atoms. The Morgan fingerprint density at radius 1 is 1.27 bits per heavy atom. The summed E-state index contributed by atoms with van der Waals surface area (Å²) in [7, 11) is 1.58. The Kier molecular flexibility index (Phi) is 6.75. The summed E-state index contributed by atoms with van der Waals surface area (Å²) in [6.45, 7) is 3.45. The molecule has 2 fully saturated rings. The van der Waals surface area contributed by atoms with Gasteiger partial charge in [-0.25, -0.2) is 19.2 Å². The van der Waals surface area contributed by atoms with Gasteiger partial charge in [0.25, 0.3) is 0 Å². The van der Waals surface area contributed by atoms with Crippen LogP contribution in [0, 0.1) is 12.7 Å². The van der Waals surface area contributed by atoms with E-state index < -0.39 is 6.09 Å². The molecule has 10 nitrogen and oxygen atoms in total. The first-order valence-electron chi connectivity index (χ1n) is 12.9. The maximum atomic E-state index is 14.6. The molecule has 6 rings (SSSR count). The fourth-order valence-corrected chi connectivity index (χ4v) is 6.28. The second-order valence-electron chi connectivity index (χ2n) is 10.1. The molecule has 0 radical (unpaired) electrons. The predicted octanol–water partition coefficient (Wildman–Crippen LogP) is 5.05. The lowest BCUT2D eigenvalue weighted by atomic mass is 9.94. The zero-order chi connectivity index (χ0) is 28.1. The molecule has 4 aromatic rings. The quantitative estimate of drug-likeness (QED) is 0.293. The van der Waals surface area contributed by atoms with Crippen molar-refractivity contribution in [3.05, 3.63) is 52.4 Å². The van der Waals surface area contributed by atoms with E-state index in [2.05, 4.69) is 30.8 Å². The van der Waals surface area contributed by atoms with Crippen LogP contribution in [0.1, 0.15) is 12.0 Å². The number of carbonyl (C=O) groups is 1. The van der Waals surface area contributed by atoms with Crippen molar-refractivity contribution in [2.45, 2.75) is 25.5 Å². The first-order valence-corrected chi connectivity index (χ1v) is 13.7. The molecule has 0 bridgehead atoms. The molecule has 1 amide bonds. The molecule has 2 atom stereocenters. The highest BCUT2D eigenvalue weighted by molar-refractivity contribution is 9.10. The van der Waals surface area contributed by atoms with Gasteiger partial charge in [-0.3, -0.25) is 0 Å². The molecule has 4 heterocycles. The molecule has 0 spiro atoms. The zero-order valence-corrected chi connectivity index (χ0v) is 23.5. The molecule has 0 unspecified atom stereocenters. The number of benzene rings is 2. The number of aryl methyl sites for hydroxylation is 1. The van der Waals surface area contributed by atoms with Gasteiger partial charge in [-0.05, 0) is 48.7 Å². The summed E-state index contributed by atoms with van der Waals surface area (Å²) in [5.74, 6) is 0.967. The third-order valence-electron chi connectivity index (χ3n) is 7.56. The van der Waals surface area contributed by atoms with Crippen LogP contribution in [0.15, 0.2) is 41.0 Å². The highest BCUT2D eigenvalue weighted by Gasteiger charge is 2.40. The van der Waals surface area contributed by atoms with Gasteiger partial charge in [0.2, 0.25) is 0 Å². The zero-order valence-electron chi connectivity index (χ0n) is 21.9. The number of nitrogens with two attached hydrogens (primary N) is 1. The van der Waals surface area contributed by atoms with E-state index >= 15 is 0 Å². The number of fused-ring (bicyclic) bond motifs is 2. The lowest BCUT2D eigenvalue weighted by Gasteiger charge is -2.47. The summed E-state index contributed by atoms with van der Waals surface area (Å²) < 4.78 is 27.1. The molecule has 12 heteroatoms. The number of pyridine rings is 1. The summed E-state index contributed by atoms with van der Waals surface area (Å²) in [6, 6.07) is 8.33.